The van der Waals surface area contributed by atoms with Crippen LogP contribution in [0.25, 0.3) is 0 Å². The van der Waals surface area contributed by atoms with Gasteiger partial charge in [0.15, 0.2) is 0 Å². The Kier molecular flexibility index (Phi) is 7.39. The standard InChI is InChI=1S/C24H34N4O4S/c1-18-15-26(16-19(2)32-18)17-22-7-5-11-28(22)24(29)20-9-12-27(13-10-20)33(30,31)23-8-4-3-6-21(23)14-25/h3-4,6,8,18-20,22H,5,7,9-13,15-17H2,1-2H3. The number of morpholine rings is 1. The summed E-state index contributed by atoms with van der Waals surface area (Å²) in [7, 11) is -3.75. The normalized spacial score (nSPS) is 28.0. The fourth-order valence-corrected chi connectivity index (χ4v) is 7.16. The maximum atomic E-state index is 13.4. The van der Waals surface area contributed by atoms with Crippen LogP contribution in [0.15, 0.2) is 29.2 Å². The van der Waals surface area contributed by atoms with Gasteiger partial charge in [0, 0.05) is 51.2 Å². The molecule has 3 atom stereocenters. The van der Waals surface area contributed by atoms with Crippen LogP contribution in [0, 0.1) is 17.2 Å². The van der Waals surface area contributed by atoms with Gasteiger partial charge < -0.3 is 9.64 Å². The second-order valence-electron chi connectivity index (χ2n) is 9.59. The third-order valence-electron chi connectivity index (χ3n) is 7.05. The summed E-state index contributed by atoms with van der Waals surface area (Å²) in [5.41, 5.74) is 0.155. The summed E-state index contributed by atoms with van der Waals surface area (Å²) in [6.45, 7) is 8.24. The summed E-state index contributed by atoms with van der Waals surface area (Å²) in [6, 6.07) is 8.48. The maximum absolute atomic E-state index is 13.4. The van der Waals surface area contributed by atoms with Crippen molar-refractivity contribution in [3.8, 4) is 6.07 Å². The molecule has 3 aliphatic rings. The number of hydrogen-bond donors (Lipinski definition) is 0. The van der Waals surface area contributed by atoms with Crippen molar-refractivity contribution in [2.24, 2.45) is 5.92 Å². The maximum Gasteiger partial charge on any atom is 0.244 e. The molecule has 3 fully saturated rings. The molecular formula is C24H34N4O4S. The molecule has 3 saturated heterocycles. The lowest BCUT2D eigenvalue weighted by Gasteiger charge is -2.39. The first-order valence-electron chi connectivity index (χ1n) is 12.0. The first-order chi connectivity index (χ1) is 15.8. The lowest BCUT2D eigenvalue weighted by Crippen LogP contribution is -2.52. The summed E-state index contributed by atoms with van der Waals surface area (Å²) >= 11 is 0. The highest BCUT2D eigenvalue weighted by molar-refractivity contribution is 7.89. The van der Waals surface area contributed by atoms with Crippen molar-refractivity contribution >= 4 is 15.9 Å². The van der Waals surface area contributed by atoms with Gasteiger partial charge in [-0.2, -0.15) is 9.57 Å². The fourth-order valence-electron chi connectivity index (χ4n) is 5.55. The van der Waals surface area contributed by atoms with Crippen LogP contribution in [-0.4, -0.2) is 85.9 Å². The molecule has 0 bridgehead atoms. The van der Waals surface area contributed by atoms with Crippen molar-refractivity contribution in [1.29, 1.82) is 5.26 Å². The van der Waals surface area contributed by atoms with Crippen molar-refractivity contribution in [3.63, 3.8) is 0 Å². The molecule has 8 nitrogen and oxygen atoms in total. The van der Waals surface area contributed by atoms with E-state index in [-0.39, 0.29) is 40.5 Å². The van der Waals surface area contributed by atoms with Gasteiger partial charge in [0.2, 0.25) is 15.9 Å². The Balaban J connectivity index is 1.36. The average Bonchev–Trinajstić information content (AvgIpc) is 3.26. The van der Waals surface area contributed by atoms with Crippen molar-refractivity contribution in [2.45, 2.75) is 62.7 Å². The van der Waals surface area contributed by atoms with Crippen molar-refractivity contribution in [1.82, 2.24) is 14.1 Å². The lowest BCUT2D eigenvalue weighted by atomic mass is 9.96. The zero-order valence-electron chi connectivity index (χ0n) is 19.5. The van der Waals surface area contributed by atoms with Crippen molar-refractivity contribution < 1.29 is 17.9 Å². The predicted octanol–water partition coefficient (Wildman–Crippen LogP) is 2.06. The molecule has 1 amide bonds. The largest absolute Gasteiger partial charge is 0.373 e. The topological polar surface area (TPSA) is 94.0 Å². The molecule has 33 heavy (non-hydrogen) atoms. The zero-order valence-corrected chi connectivity index (χ0v) is 20.3. The number of benzene rings is 1. The lowest BCUT2D eigenvalue weighted by molar-refractivity contribution is -0.138. The SMILES string of the molecule is CC1CN(CC2CCCN2C(=O)C2CCN(S(=O)(=O)c3ccccc3C#N)CC2)CC(C)O1. The van der Waals surface area contributed by atoms with Gasteiger partial charge in [-0.05, 0) is 51.7 Å². The number of piperidine rings is 1. The van der Waals surface area contributed by atoms with E-state index in [1.165, 1.54) is 16.4 Å². The highest BCUT2D eigenvalue weighted by Gasteiger charge is 2.38. The molecule has 1 aromatic carbocycles. The number of nitriles is 1. The molecule has 3 aliphatic heterocycles. The van der Waals surface area contributed by atoms with Gasteiger partial charge in [0.1, 0.15) is 6.07 Å². The smallest absolute Gasteiger partial charge is 0.244 e. The summed E-state index contributed by atoms with van der Waals surface area (Å²) in [5.74, 6) is 0.0205. The first-order valence-corrected chi connectivity index (χ1v) is 13.4. The second-order valence-corrected chi connectivity index (χ2v) is 11.5. The Morgan fingerprint density at radius 3 is 2.42 bits per heavy atom. The van der Waals surface area contributed by atoms with Crippen LogP contribution in [-0.2, 0) is 19.6 Å². The molecule has 0 N–H and O–H groups in total. The summed E-state index contributed by atoms with van der Waals surface area (Å²) in [5, 5.41) is 9.29. The Labute approximate surface area is 197 Å². The number of rotatable bonds is 5. The fraction of sp³-hybridized carbons (Fsp3) is 0.667. The van der Waals surface area contributed by atoms with E-state index in [0.717, 1.165) is 39.0 Å². The van der Waals surface area contributed by atoms with E-state index in [2.05, 4.69) is 18.7 Å². The van der Waals surface area contributed by atoms with E-state index in [4.69, 9.17) is 4.74 Å². The molecule has 0 aromatic heterocycles. The Morgan fingerprint density at radius 2 is 1.76 bits per heavy atom. The zero-order chi connectivity index (χ0) is 23.6. The van der Waals surface area contributed by atoms with Crippen LogP contribution in [0.4, 0.5) is 0 Å². The number of sulfonamides is 1. The van der Waals surface area contributed by atoms with Crippen molar-refractivity contribution in [3.05, 3.63) is 29.8 Å². The highest BCUT2D eigenvalue weighted by Crippen LogP contribution is 2.29. The van der Waals surface area contributed by atoms with Crippen LogP contribution in [0.5, 0.6) is 0 Å². The van der Waals surface area contributed by atoms with E-state index < -0.39 is 10.0 Å². The number of ether oxygens (including phenoxy) is 1. The number of amides is 1. The van der Waals surface area contributed by atoms with Crippen molar-refractivity contribution in [2.75, 3.05) is 39.3 Å². The van der Waals surface area contributed by atoms with Crippen LogP contribution in [0.2, 0.25) is 0 Å². The van der Waals surface area contributed by atoms with Crippen LogP contribution in [0.1, 0.15) is 45.1 Å². The highest BCUT2D eigenvalue weighted by atomic mass is 32.2. The Morgan fingerprint density at radius 1 is 1.09 bits per heavy atom. The van der Waals surface area contributed by atoms with E-state index in [1.807, 2.05) is 11.0 Å². The van der Waals surface area contributed by atoms with Gasteiger partial charge in [-0.25, -0.2) is 8.42 Å². The second kappa shape index (κ2) is 10.1. The molecule has 9 heteroatoms. The minimum Gasteiger partial charge on any atom is -0.373 e. The van der Waals surface area contributed by atoms with E-state index >= 15 is 0 Å². The van der Waals surface area contributed by atoms with Gasteiger partial charge >= 0.3 is 0 Å². The van der Waals surface area contributed by atoms with Crippen LogP contribution in [0.3, 0.4) is 0 Å². The monoisotopic (exact) mass is 474 g/mol. The van der Waals surface area contributed by atoms with Gasteiger partial charge in [-0.3, -0.25) is 9.69 Å². The van der Waals surface area contributed by atoms with Gasteiger partial charge in [-0.1, -0.05) is 12.1 Å². The summed E-state index contributed by atoms with van der Waals surface area (Å²) < 4.78 is 33.4. The molecule has 0 spiro atoms. The molecular weight excluding hydrogens is 440 g/mol. The van der Waals surface area contributed by atoms with Crippen LogP contribution < -0.4 is 0 Å². The van der Waals surface area contributed by atoms with E-state index in [0.29, 0.717) is 25.9 Å². The number of carbonyl (C=O) groups excluding carboxylic acids is 1. The third-order valence-corrected chi connectivity index (χ3v) is 9.01. The average molecular weight is 475 g/mol. The number of hydrogen-bond acceptors (Lipinski definition) is 6. The Hall–Kier alpha value is -1.99. The third kappa shape index (κ3) is 5.24. The van der Waals surface area contributed by atoms with Crippen LogP contribution >= 0.6 is 0 Å². The Bertz CT molecular complexity index is 990. The molecule has 3 heterocycles. The molecule has 3 unspecified atom stereocenters. The van der Waals surface area contributed by atoms with E-state index in [1.54, 1.807) is 12.1 Å². The van der Waals surface area contributed by atoms with Gasteiger partial charge in [0.05, 0.1) is 22.7 Å². The number of likely N-dealkylation sites (tertiary alicyclic amines) is 1. The van der Waals surface area contributed by atoms with Gasteiger partial charge in [-0.15, -0.1) is 0 Å². The first kappa shape index (κ1) is 24.1. The number of nitrogens with zero attached hydrogens (tertiary/aromatic N) is 4. The van der Waals surface area contributed by atoms with Gasteiger partial charge in [0.25, 0.3) is 0 Å². The quantitative estimate of drug-likeness (QED) is 0.648. The molecule has 0 saturated carbocycles. The minimum absolute atomic E-state index is 0.0471. The summed E-state index contributed by atoms with van der Waals surface area (Å²) in [4.78, 5) is 17.9. The molecule has 4 rings (SSSR count). The molecule has 180 valence electrons. The molecule has 0 radical (unpaired) electrons. The summed E-state index contributed by atoms with van der Waals surface area (Å²) in [6.07, 6.45) is 3.48. The minimum atomic E-state index is -3.75. The number of carbonyl (C=O) groups is 1. The molecule has 0 aliphatic carbocycles. The molecule has 1 aromatic rings. The predicted molar refractivity (Wildman–Crippen MR) is 124 cm³/mol. The van der Waals surface area contributed by atoms with E-state index in [9.17, 15) is 18.5 Å².